The molecule has 8 heteroatoms. The fourth-order valence-corrected chi connectivity index (χ4v) is 4.97. The van der Waals surface area contributed by atoms with Gasteiger partial charge in [0.15, 0.2) is 5.78 Å². The summed E-state index contributed by atoms with van der Waals surface area (Å²) < 4.78 is 27.1. The van der Waals surface area contributed by atoms with E-state index >= 15 is 0 Å². The minimum atomic E-state index is -3.65. The molecular formula is C23H29N3O4S. The number of benzene rings is 2. The molecule has 0 bridgehead atoms. The number of rotatable bonds is 7. The van der Waals surface area contributed by atoms with Crippen molar-refractivity contribution in [2.45, 2.75) is 37.6 Å². The molecule has 2 amide bonds. The summed E-state index contributed by atoms with van der Waals surface area (Å²) in [5, 5.41) is 3.01. The van der Waals surface area contributed by atoms with E-state index in [1.54, 1.807) is 4.90 Å². The van der Waals surface area contributed by atoms with Crippen molar-refractivity contribution >= 4 is 21.8 Å². The lowest BCUT2D eigenvalue weighted by Gasteiger charge is -2.34. The van der Waals surface area contributed by atoms with E-state index in [0.717, 1.165) is 12.8 Å². The minimum absolute atomic E-state index is 0.0225. The first-order valence-corrected chi connectivity index (χ1v) is 11.9. The number of piperazine rings is 1. The molecule has 0 saturated carbocycles. The highest BCUT2D eigenvalue weighted by atomic mass is 32.2. The van der Waals surface area contributed by atoms with Crippen LogP contribution in [-0.4, -0.2) is 61.7 Å². The molecule has 1 aliphatic rings. The second-order valence-electron chi connectivity index (χ2n) is 7.85. The third kappa shape index (κ3) is 5.92. The zero-order valence-corrected chi connectivity index (χ0v) is 18.8. The van der Waals surface area contributed by atoms with E-state index in [1.807, 2.05) is 25.1 Å². The number of carbonyl (C=O) groups excluding carboxylic acids is 2. The molecule has 0 radical (unpaired) electrons. The number of sulfonamides is 1. The van der Waals surface area contributed by atoms with E-state index in [0.29, 0.717) is 18.7 Å². The molecule has 1 fully saturated rings. The summed E-state index contributed by atoms with van der Waals surface area (Å²) in [6.07, 6.45) is 1.72. The summed E-state index contributed by atoms with van der Waals surface area (Å²) in [5.41, 5.74) is 1.71. The lowest BCUT2D eigenvalue weighted by molar-refractivity contribution is 0.101. The van der Waals surface area contributed by atoms with Crippen LogP contribution in [0.5, 0.6) is 0 Å². The van der Waals surface area contributed by atoms with Gasteiger partial charge >= 0.3 is 6.03 Å². The Morgan fingerprint density at radius 2 is 1.58 bits per heavy atom. The molecule has 1 N–H and O–H groups in total. The maximum atomic E-state index is 12.9. The Balaban J connectivity index is 1.50. The first-order valence-electron chi connectivity index (χ1n) is 10.5. The van der Waals surface area contributed by atoms with Gasteiger partial charge in [-0.2, -0.15) is 4.31 Å². The molecule has 0 aromatic heterocycles. The summed E-state index contributed by atoms with van der Waals surface area (Å²) in [6, 6.07) is 16.0. The van der Waals surface area contributed by atoms with Gasteiger partial charge in [0.25, 0.3) is 0 Å². The molecule has 31 heavy (non-hydrogen) atoms. The first kappa shape index (κ1) is 23.0. The van der Waals surface area contributed by atoms with E-state index in [-0.39, 0.29) is 35.8 Å². The van der Waals surface area contributed by atoms with Crippen molar-refractivity contribution in [3.8, 4) is 0 Å². The average molecular weight is 444 g/mol. The Morgan fingerprint density at radius 3 is 2.16 bits per heavy atom. The number of nitrogens with one attached hydrogen (secondary N) is 1. The smallest absolute Gasteiger partial charge is 0.317 e. The third-order valence-corrected chi connectivity index (χ3v) is 7.42. The Bertz CT molecular complexity index is 999. The van der Waals surface area contributed by atoms with Crippen LogP contribution < -0.4 is 5.32 Å². The Morgan fingerprint density at radius 1 is 0.968 bits per heavy atom. The maximum absolute atomic E-state index is 12.9. The van der Waals surface area contributed by atoms with Crippen LogP contribution in [0.1, 0.15) is 36.2 Å². The second kappa shape index (κ2) is 10.1. The quantitative estimate of drug-likeness (QED) is 0.667. The van der Waals surface area contributed by atoms with Crippen LogP contribution in [0.15, 0.2) is 59.5 Å². The van der Waals surface area contributed by atoms with Gasteiger partial charge in [0.05, 0.1) is 4.90 Å². The van der Waals surface area contributed by atoms with Crippen LogP contribution in [0.2, 0.25) is 0 Å². The molecule has 166 valence electrons. The normalized spacial score (nSPS) is 16.0. The van der Waals surface area contributed by atoms with E-state index in [1.165, 1.54) is 41.1 Å². The molecule has 2 aromatic rings. The molecule has 0 aliphatic carbocycles. The summed E-state index contributed by atoms with van der Waals surface area (Å²) in [7, 11) is -3.65. The zero-order valence-electron chi connectivity index (χ0n) is 18.0. The van der Waals surface area contributed by atoms with Crippen LogP contribution >= 0.6 is 0 Å². The monoisotopic (exact) mass is 443 g/mol. The van der Waals surface area contributed by atoms with Gasteiger partial charge in [-0.05, 0) is 44.4 Å². The van der Waals surface area contributed by atoms with Gasteiger partial charge < -0.3 is 10.2 Å². The number of hydrogen-bond donors (Lipinski definition) is 1. The van der Waals surface area contributed by atoms with Gasteiger partial charge in [-0.15, -0.1) is 0 Å². The topological polar surface area (TPSA) is 86.8 Å². The minimum Gasteiger partial charge on any atom is -0.336 e. The summed E-state index contributed by atoms with van der Waals surface area (Å²) in [4.78, 5) is 25.8. The van der Waals surface area contributed by atoms with E-state index in [9.17, 15) is 18.0 Å². The van der Waals surface area contributed by atoms with Crippen molar-refractivity contribution in [3.63, 3.8) is 0 Å². The van der Waals surface area contributed by atoms with Crippen LogP contribution in [0.25, 0.3) is 0 Å². The number of carbonyl (C=O) groups is 2. The standard InChI is InChI=1S/C23H29N3O4S/c1-18(8-9-20-6-4-3-5-7-20)24-23(28)25-14-16-26(17-15-25)31(29,30)22-12-10-21(11-13-22)19(2)27/h3-7,10-13,18H,8-9,14-17H2,1-2H3,(H,24,28)/t18-/m0/s1. The number of amides is 2. The maximum Gasteiger partial charge on any atom is 0.317 e. The van der Waals surface area contributed by atoms with Gasteiger partial charge in [0.2, 0.25) is 10.0 Å². The number of urea groups is 1. The van der Waals surface area contributed by atoms with Gasteiger partial charge in [-0.25, -0.2) is 13.2 Å². The van der Waals surface area contributed by atoms with Crippen molar-refractivity contribution in [1.29, 1.82) is 0 Å². The summed E-state index contributed by atoms with van der Waals surface area (Å²) in [5.74, 6) is -0.110. The second-order valence-corrected chi connectivity index (χ2v) is 9.78. The fourth-order valence-electron chi connectivity index (χ4n) is 3.54. The lowest BCUT2D eigenvalue weighted by atomic mass is 10.1. The van der Waals surface area contributed by atoms with E-state index < -0.39 is 10.0 Å². The number of hydrogen-bond acceptors (Lipinski definition) is 4. The van der Waals surface area contributed by atoms with Crippen LogP contribution in [0, 0.1) is 0 Å². The van der Waals surface area contributed by atoms with Crippen LogP contribution in [0.4, 0.5) is 4.79 Å². The van der Waals surface area contributed by atoms with Crippen molar-refractivity contribution in [3.05, 3.63) is 65.7 Å². The van der Waals surface area contributed by atoms with Crippen LogP contribution in [0.3, 0.4) is 0 Å². The predicted molar refractivity (Wildman–Crippen MR) is 120 cm³/mol. The molecule has 2 aromatic carbocycles. The molecular weight excluding hydrogens is 414 g/mol. The largest absolute Gasteiger partial charge is 0.336 e. The number of aryl methyl sites for hydroxylation is 1. The summed E-state index contributed by atoms with van der Waals surface area (Å²) >= 11 is 0. The van der Waals surface area contributed by atoms with Gasteiger partial charge in [-0.1, -0.05) is 42.5 Å². The molecule has 1 atom stereocenters. The predicted octanol–water partition coefficient (Wildman–Crippen LogP) is 2.93. The summed E-state index contributed by atoms with van der Waals surface area (Å²) in [6.45, 7) is 4.57. The van der Waals surface area contributed by atoms with Gasteiger partial charge in [0.1, 0.15) is 0 Å². The highest BCUT2D eigenvalue weighted by molar-refractivity contribution is 7.89. The average Bonchev–Trinajstić information content (AvgIpc) is 2.78. The fraction of sp³-hybridized carbons (Fsp3) is 0.391. The molecule has 1 heterocycles. The number of nitrogens with zero attached hydrogens (tertiary/aromatic N) is 2. The highest BCUT2D eigenvalue weighted by Gasteiger charge is 2.30. The van der Waals surface area contributed by atoms with E-state index in [4.69, 9.17) is 0 Å². The Kier molecular flexibility index (Phi) is 7.46. The molecule has 0 spiro atoms. The van der Waals surface area contributed by atoms with Crippen molar-refractivity contribution in [2.75, 3.05) is 26.2 Å². The van der Waals surface area contributed by atoms with Crippen molar-refractivity contribution in [2.24, 2.45) is 0 Å². The molecule has 7 nitrogen and oxygen atoms in total. The van der Waals surface area contributed by atoms with Gasteiger partial charge in [0, 0.05) is 37.8 Å². The Labute approximate surface area is 184 Å². The third-order valence-electron chi connectivity index (χ3n) is 5.50. The molecule has 1 saturated heterocycles. The van der Waals surface area contributed by atoms with Crippen molar-refractivity contribution in [1.82, 2.24) is 14.5 Å². The molecule has 3 rings (SSSR count). The molecule has 0 unspecified atom stereocenters. The first-order chi connectivity index (χ1) is 14.8. The lowest BCUT2D eigenvalue weighted by Crippen LogP contribution is -2.54. The SMILES string of the molecule is CC(=O)c1ccc(S(=O)(=O)N2CCN(C(=O)N[C@@H](C)CCc3ccccc3)CC2)cc1. The van der Waals surface area contributed by atoms with E-state index in [2.05, 4.69) is 17.4 Å². The molecule has 1 aliphatic heterocycles. The Hall–Kier alpha value is -2.71. The van der Waals surface area contributed by atoms with Gasteiger partial charge in [-0.3, -0.25) is 4.79 Å². The highest BCUT2D eigenvalue weighted by Crippen LogP contribution is 2.19. The number of Topliss-reactive ketones (excluding diaryl/α,β-unsaturated/α-hetero) is 1. The number of ketones is 1. The van der Waals surface area contributed by atoms with Crippen molar-refractivity contribution < 1.29 is 18.0 Å². The zero-order chi connectivity index (χ0) is 22.4. The van der Waals surface area contributed by atoms with Crippen LogP contribution in [-0.2, 0) is 16.4 Å².